The van der Waals surface area contributed by atoms with Gasteiger partial charge in [0.2, 0.25) is 0 Å². The molecule has 0 radical (unpaired) electrons. The van der Waals surface area contributed by atoms with Gasteiger partial charge in [-0.25, -0.2) is 0 Å². The van der Waals surface area contributed by atoms with Crippen LogP contribution >= 0.6 is 0 Å². The van der Waals surface area contributed by atoms with Gasteiger partial charge in [0.15, 0.2) is 6.23 Å². The van der Waals surface area contributed by atoms with Crippen LogP contribution < -0.4 is 15.4 Å². The van der Waals surface area contributed by atoms with Crippen molar-refractivity contribution in [3.8, 4) is 5.75 Å². The van der Waals surface area contributed by atoms with E-state index in [0.717, 1.165) is 24.6 Å². The van der Waals surface area contributed by atoms with Crippen LogP contribution in [0.25, 0.3) is 0 Å². The van der Waals surface area contributed by atoms with E-state index in [2.05, 4.69) is 29.7 Å². The van der Waals surface area contributed by atoms with Crippen molar-refractivity contribution in [3.63, 3.8) is 0 Å². The van der Waals surface area contributed by atoms with Crippen LogP contribution in [0.3, 0.4) is 0 Å². The van der Waals surface area contributed by atoms with Crippen molar-refractivity contribution in [3.05, 3.63) is 23.3 Å². The Labute approximate surface area is 108 Å². The predicted octanol–water partition coefficient (Wildman–Crippen LogP) is 2.48. The minimum atomic E-state index is 0.168. The van der Waals surface area contributed by atoms with Crippen molar-refractivity contribution in [2.75, 3.05) is 18.4 Å². The van der Waals surface area contributed by atoms with E-state index in [1.807, 2.05) is 0 Å². The summed E-state index contributed by atoms with van der Waals surface area (Å²) < 4.78 is 5.93. The number of anilines is 1. The SMILES string of the molecule is CCC1Nc2cc3c(cc2O1)C1CNCC(C3)C1. The van der Waals surface area contributed by atoms with Crippen molar-refractivity contribution >= 4 is 5.69 Å². The van der Waals surface area contributed by atoms with Crippen LogP contribution in [0, 0.1) is 5.92 Å². The standard InChI is InChI=1S/C15H20N2O/c1-2-15-17-13-5-10-3-9-4-11(8-16-7-9)12(10)6-14(13)18-15/h5-6,9,11,15-17H,2-4,7-8H2,1H3. The van der Waals surface area contributed by atoms with Crippen molar-refractivity contribution in [2.24, 2.45) is 5.92 Å². The molecule has 1 aromatic rings. The number of fused-ring (bicyclic) bond motifs is 5. The summed E-state index contributed by atoms with van der Waals surface area (Å²) >= 11 is 0. The molecule has 1 saturated heterocycles. The zero-order valence-corrected chi connectivity index (χ0v) is 10.8. The van der Waals surface area contributed by atoms with E-state index in [4.69, 9.17) is 4.74 Å². The van der Waals surface area contributed by atoms with E-state index in [1.165, 1.54) is 30.6 Å². The van der Waals surface area contributed by atoms with Gasteiger partial charge in [-0.15, -0.1) is 0 Å². The third-order valence-electron chi connectivity index (χ3n) is 4.59. The van der Waals surface area contributed by atoms with E-state index < -0.39 is 0 Å². The summed E-state index contributed by atoms with van der Waals surface area (Å²) in [6.45, 7) is 4.47. The summed E-state index contributed by atoms with van der Waals surface area (Å²) in [5.74, 6) is 2.59. The molecule has 2 aliphatic heterocycles. The maximum Gasteiger partial charge on any atom is 0.169 e. The van der Waals surface area contributed by atoms with E-state index in [9.17, 15) is 0 Å². The molecule has 3 unspecified atom stereocenters. The number of hydrogen-bond donors (Lipinski definition) is 2. The minimum Gasteiger partial charge on any atom is -0.469 e. The Bertz CT molecular complexity index is 486. The molecule has 18 heavy (non-hydrogen) atoms. The van der Waals surface area contributed by atoms with Gasteiger partial charge in [-0.1, -0.05) is 6.92 Å². The molecule has 1 aliphatic carbocycles. The van der Waals surface area contributed by atoms with Crippen molar-refractivity contribution in [2.45, 2.75) is 38.3 Å². The maximum absolute atomic E-state index is 5.93. The lowest BCUT2D eigenvalue weighted by Gasteiger charge is -2.36. The van der Waals surface area contributed by atoms with Gasteiger partial charge in [0.1, 0.15) is 5.75 Å². The van der Waals surface area contributed by atoms with Gasteiger partial charge in [0.25, 0.3) is 0 Å². The third-order valence-corrected chi connectivity index (χ3v) is 4.59. The first-order valence-corrected chi connectivity index (χ1v) is 7.14. The first kappa shape index (κ1) is 10.7. The molecular weight excluding hydrogens is 224 g/mol. The van der Waals surface area contributed by atoms with Crippen molar-refractivity contribution in [1.82, 2.24) is 5.32 Å². The normalized spacial score (nSPS) is 32.2. The number of rotatable bonds is 1. The Balaban J connectivity index is 1.74. The highest BCUT2D eigenvalue weighted by Gasteiger charge is 2.32. The van der Waals surface area contributed by atoms with Crippen LogP contribution in [-0.4, -0.2) is 19.3 Å². The molecule has 2 N–H and O–H groups in total. The second-order valence-electron chi connectivity index (χ2n) is 5.87. The molecule has 0 amide bonds. The lowest BCUT2D eigenvalue weighted by Crippen LogP contribution is -2.39. The third kappa shape index (κ3) is 1.53. The monoisotopic (exact) mass is 244 g/mol. The molecule has 0 aromatic heterocycles. The van der Waals surface area contributed by atoms with Crippen molar-refractivity contribution in [1.29, 1.82) is 0 Å². The van der Waals surface area contributed by atoms with E-state index in [-0.39, 0.29) is 6.23 Å². The summed E-state index contributed by atoms with van der Waals surface area (Å²) in [5, 5.41) is 7.02. The zero-order chi connectivity index (χ0) is 12.1. The molecule has 1 fully saturated rings. The fraction of sp³-hybridized carbons (Fsp3) is 0.600. The highest BCUT2D eigenvalue weighted by molar-refractivity contribution is 5.64. The number of ether oxygens (including phenoxy) is 1. The average molecular weight is 244 g/mol. The summed E-state index contributed by atoms with van der Waals surface area (Å²) in [6.07, 6.45) is 3.75. The van der Waals surface area contributed by atoms with Gasteiger partial charge < -0.3 is 15.4 Å². The Morgan fingerprint density at radius 2 is 2.28 bits per heavy atom. The maximum atomic E-state index is 5.93. The van der Waals surface area contributed by atoms with Crippen molar-refractivity contribution < 1.29 is 4.74 Å². The summed E-state index contributed by atoms with van der Waals surface area (Å²) in [6, 6.07) is 4.63. The molecule has 96 valence electrons. The number of benzene rings is 1. The molecule has 1 aromatic carbocycles. The summed E-state index contributed by atoms with van der Waals surface area (Å²) in [5.41, 5.74) is 4.27. The van der Waals surface area contributed by atoms with E-state index in [0.29, 0.717) is 5.92 Å². The molecule has 2 heterocycles. The fourth-order valence-corrected chi connectivity index (χ4v) is 3.68. The summed E-state index contributed by atoms with van der Waals surface area (Å²) in [4.78, 5) is 0. The van der Waals surface area contributed by atoms with Crippen LogP contribution in [-0.2, 0) is 6.42 Å². The molecule has 3 atom stereocenters. The van der Waals surface area contributed by atoms with Crippen LogP contribution in [0.2, 0.25) is 0 Å². The lowest BCUT2D eigenvalue weighted by atomic mass is 9.74. The minimum absolute atomic E-state index is 0.168. The van der Waals surface area contributed by atoms with E-state index in [1.54, 1.807) is 5.56 Å². The highest BCUT2D eigenvalue weighted by Crippen LogP contribution is 2.43. The molecule has 4 rings (SSSR count). The van der Waals surface area contributed by atoms with Crippen LogP contribution in [0.15, 0.2) is 12.1 Å². The van der Waals surface area contributed by atoms with Gasteiger partial charge >= 0.3 is 0 Å². The number of piperidine rings is 1. The largest absolute Gasteiger partial charge is 0.469 e. The Hall–Kier alpha value is -1.22. The molecule has 3 nitrogen and oxygen atoms in total. The van der Waals surface area contributed by atoms with Gasteiger partial charge in [-0.3, -0.25) is 0 Å². The number of nitrogens with one attached hydrogen (secondary N) is 2. The van der Waals surface area contributed by atoms with Gasteiger partial charge in [0.05, 0.1) is 5.69 Å². The Morgan fingerprint density at radius 1 is 1.33 bits per heavy atom. The predicted molar refractivity (Wildman–Crippen MR) is 72.2 cm³/mol. The quantitative estimate of drug-likeness (QED) is 0.796. The molecular formula is C15H20N2O. The fourth-order valence-electron chi connectivity index (χ4n) is 3.68. The zero-order valence-electron chi connectivity index (χ0n) is 10.8. The Kier molecular flexibility index (Phi) is 2.31. The average Bonchev–Trinajstić information content (AvgIpc) is 2.79. The second-order valence-corrected chi connectivity index (χ2v) is 5.87. The van der Waals surface area contributed by atoms with E-state index >= 15 is 0 Å². The topological polar surface area (TPSA) is 33.3 Å². The van der Waals surface area contributed by atoms with Gasteiger partial charge in [-0.2, -0.15) is 0 Å². The molecule has 3 aliphatic rings. The molecule has 0 spiro atoms. The Morgan fingerprint density at radius 3 is 3.17 bits per heavy atom. The first-order chi connectivity index (χ1) is 8.83. The number of hydrogen-bond acceptors (Lipinski definition) is 3. The molecule has 0 saturated carbocycles. The van der Waals surface area contributed by atoms with Crippen LogP contribution in [0.5, 0.6) is 5.75 Å². The van der Waals surface area contributed by atoms with Crippen LogP contribution in [0.1, 0.15) is 36.8 Å². The second kappa shape index (κ2) is 3.89. The summed E-state index contributed by atoms with van der Waals surface area (Å²) in [7, 11) is 0. The van der Waals surface area contributed by atoms with Crippen LogP contribution in [0.4, 0.5) is 5.69 Å². The van der Waals surface area contributed by atoms with Gasteiger partial charge in [-0.05, 0) is 54.5 Å². The lowest BCUT2D eigenvalue weighted by molar-refractivity contribution is 0.248. The van der Waals surface area contributed by atoms with Gasteiger partial charge in [0, 0.05) is 13.0 Å². The smallest absolute Gasteiger partial charge is 0.169 e. The molecule has 2 bridgehead atoms. The molecule has 3 heteroatoms. The highest BCUT2D eigenvalue weighted by atomic mass is 16.5. The first-order valence-electron chi connectivity index (χ1n) is 7.14.